The van der Waals surface area contributed by atoms with Gasteiger partial charge in [0.2, 0.25) is 0 Å². The third-order valence-electron chi connectivity index (χ3n) is 5.26. The maximum absolute atomic E-state index is 4.80. The Kier molecular flexibility index (Phi) is 4.05. The van der Waals surface area contributed by atoms with Crippen LogP contribution in [0.2, 0.25) is 0 Å². The second-order valence-electron chi connectivity index (χ2n) is 6.98. The number of rotatable bonds is 5. The molecule has 138 valence electrons. The molecule has 0 spiro atoms. The Hall–Kier alpha value is -3.60. The van der Waals surface area contributed by atoms with Crippen molar-refractivity contribution in [1.82, 2.24) is 24.1 Å². The van der Waals surface area contributed by atoms with E-state index in [2.05, 4.69) is 80.7 Å². The quantitative estimate of drug-likeness (QED) is 0.491. The molecule has 5 aromatic rings. The predicted octanol–water partition coefficient (Wildman–Crippen LogP) is 4.67. The van der Waals surface area contributed by atoms with Crippen LogP contribution in [0.15, 0.2) is 79.5 Å². The fourth-order valence-electron chi connectivity index (χ4n) is 3.81. The fraction of sp³-hybridized carbons (Fsp3) is 0.130. The van der Waals surface area contributed by atoms with Gasteiger partial charge in [0.1, 0.15) is 0 Å². The Morgan fingerprint density at radius 1 is 1.00 bits per heavy atom. The molecule has 0 aliphatic heterocycles. The summed E-state index contributed by atoms with van der Waals surface area (Å²) in [6.07, 6.45) is 6.43. The summed E-state index contributed by atoms with van der Waals surface area (Å²) in [5.41, 5.74) is 6.79. The number of benzene rings is 2. The van der Waals surface area contributed by atoms with Crippen molar-refractivity contribution in [3.63, 3.8) is 0 Å². The van der Waals surface area contributed by atoms with Crippen molar-refractivity contribution >= 4 is 10.9 Å². The SMILES string of the molecule is Cn1c(-c2c(-c3ccccc3)ncn2CCc2cnc[nH]2)cc2ccccc21. The number of aromatic nitrogens is 5. The number of nitrogens with one attached hydrogen (secondary N) is 1. The van der Waals surface area contributed by atoms with Crippen LogP contribution in [0.25, 0.3) is 33.5 Å². The summed E-state index contributed by atoms with van der Waals surface area (Å²) in [5.74, 6) is 0. The van der Waals surface area contributed by atoms with Gasteiger partial charge >= 0.3 is 0 Å². The molecule has 0 aliphatic rings. The molecule has 3 aromatic heterocycles. The molecular formula is C23H21N5. The molecule has 0 fully saturated rings. The lowest BCUT2D eigenvalue weighted by molar-refractivity contribution is 0.689. The molecule has 0 radical (unpaired) electrons. The number of fused-ring (bicyclic) bond motifs is 1. The summed E-state index contributed by atoms with van der Waals surface area (Å²) >= 11 is 0. The van der Waals surface area contributed by atoms with Crippen molar-refractivity contribution in [1.29, 1.82) is 0 Å². The molecule has 5 rings (SSSR count). The number of H-pyrrole nitrogens is 1. The summed E-state index contributed by atoms with van der Waals surface area (Å²) in [6.45, 7) is 0.832. The highest BCUT2D eigenvalue weighted by Crippen LogP contribution is 2.34. The molecule has 0 bridgehead atoms. The maximum Gasteiger partial charge on any atom is 0.0978 e. The molecule has 0 amide bonds. The molecule has 2 aromatic carbocycles. The molecule has 0 atom stereocenters. The van der Waals surface area contributed by atoms with Gasteiger partial charge in [0.15, 0.2) is 0 Å². The first-order valence-corrected chi connectivity index (χ1v) is 9.44. The van der Waals surface area contributed by atoms with Crippen LogP contribution in [0, 0.1) is 0 Å². The lowest BCUT2D eigenvalue weighted by Crippen LogP contribution is -2.05. The van der Waals surface area contributed by atoms with Gasteiger partial charge in [-0.2, -0.15) is 0 Å². The van der Waals surface area contributed by atoms with Crippen molar-refractivity contribution in [3.8, 4) is 22.6 Å². The first-order chi connectivity index (χ1) is 13.8. The highest BCUT2D eigenvalue weighted by atomic mass is 15.1. The minimum Gasteiger partial charge on any atom is -0.348 e. The smallest absolute Gasteiger partial charge is 0.0978 e. The van der Waals surface area contributed by atoms with Crippen LogP contribution < -0.4 is 0 Å². The monoisotopic (exact) mass is 367 g/mol. The molecule has 5 heteroatoms. The van der Waals surface area contributed by atoms with Crippen LogP contribution in [0.3, 0.4) is 0 Å². The number of hydrogen-bond acceptors (Lipinski definition) is 2. The summed E-state index contributed by atoms with van der Waals surface area (Å²) in [6, 6.07) is 21.1. The molecular weight excluding hydrogens is 346 g/mol. The van der Waals surface area contributed by atoms with Crippen LogP contribution in [0.5, 0.6) is 0 Å². The van der Waals surface area contributed by atoms with Crippen molar-refractivity contribution in [2.75, 3.05) is 0 Å². The van der Waals surface area contributed by atoms with Crippen LogP contribution in [0.4, 0.5) is 0 Å². The van der Waals surface area contributed by atoms with E-state index >= 15 is 0 Å². The molecule has 5 nitrogen and oxygen atoms in total. The van der Waals surface area contributed by atoms with E-state index in [9.17, 15) is 0 Å². The zero-order valence-electron chi connectivity index (χ0n) is 15.7. The molecule has 0 saturated carbocycles. The molecule has 3 heterocycles. The van der Waals surface area contributed by atoms with E-state index in [0.29, 0.717) is 0 Å². The normalized spacial score (nSPS) is 11.3. The Morgan fingerprint density at radius 2 is 1.82 bits per heavy atom. The van der Waals surface area contributed by atoms with Crippen molar-refractivity contribution in [3.05, 3.63) is 85.2 Å². The second kappa shape index (κ2) is 6.85. The van der Waals surface area contributed by atoms with Crippen LogP contribution in [-0.2, 0) is 20.0 Å². The first-order valence-electron chi connectivity index (χ1n) is 9.44. The highest BCUT2D eigenvalue weighted by molar-refractivity contribution is 5.89. The van der Waals surface area contributed by atoms with Crippen molar-refractivity contribution in [2.45, 2.75) is 13.0 Å². The van der Waals surface area contributed by atoms with Gasteiger partial charge < -0.3 is 14.1 Å². The summed E-state index contributed by atoms with van der Waals surface area (Å²) in [4.78, 5) is 12.1. The van der Waals surface area contributed by atoms with Gasteiger partial charge in [-0.05, 0) is 12.1 Å². The minimum absolute atomic E-state index is 0.832. The number of para-hydroxylation sites is 1. The van der Waals surface area contributed by atoms with Crippen LogP contribution in [-0.4, -0.2) is 24.1 Å². The number of nitrogens with zero attached hydrogens (tertiary/aromatic N) is 4. The lowest BCUT2D eigenvalue weighted by atomic mass is 10.1. The average Bonchev–Trinajstić information content (AvgIpc) is 3.46. The third kappa shape index (κ3) is 2.81. The average molecular weight is 367 g/mol. The minimum atomic E-state index is 0.832. The number of aryl methyl sites for hydroxylation is 3. The van der Waals surface area contributed by atoms with E-state index in [1.807, 2.05) is 18.6 Å². The molecule has 0 saturated heterocycles. The van der Waals surface area contributed by atoms with Gasteiger partial charge in [0.25, 0.3) is 0 Å². The van der Waals surface area contributed by atoms with Gasteiger partial charge in [-0.15, -0.1) is 0 Å². The van der Waals surface area contributed by atoms with E-state index < -0.39 is 0 Å². The third-order valence-corrected chi connectivity index (χ3v) is 5.26. The zero-order valence-corrected chi connectivity index (χ0v) is 15.7. The number of aromatic amines is 1. The molecule has 0 aliphatic carbocycles. The molecule has 28 heavy (non-hydrogen) atoms. The summed E-state index contributed by atoms with van der Waals surface area (Å²) < 4.78 is 4.50. The standard InChI is InChI=1S/C23H21N5/c1-27-20-10-6-5-9-18(20)13-21(27)23-22(17-7-3-2-4-8-17)26-16-28(23)12-11-19-14-24-15-25-19/h2-10,13-16H,11-12H2,1H3,(H,24,25). The first kappa shape index (κ1) is 16.6. The van der Waals surface area contributed by atoms with Crippen molar-refractivity contribution in [2.24, 2.45) is 7.05 Å². The predicted molar refractivity (Wildman–Crippen MR) is 112 cm³/mol. The van der Waals surface area contributed by atoms with E-state index in [4.69, 9.17) is 4.98 Å². The van der Waals surface area contributed by atoms with Gasteiger partial charge in [-0.3, -0.25) is 0 Å². The summed E-state index contributed by atoms with van der Waals surface area (Å²) in [5, 5.41) is 1.24. The Bertz CT molecular complexity index is 1210. The van der Waals surface area contributed by atoms with Crippen LogP contribution in [0.1, 0.15) is 5.69 Å². The number of imidazole rings is 2. The van der Waals surface area contributed by atoms with E-state index in [0.717, 1.165) is 35.6 Å². The van der Waals surface area contributed by atoms with Gasteiger partial charge in [0.05, 0.1) is 29.7 Å². The lowest BCUT2D eigenvalue weighted by Gasteiger charge is -2.12. The molecule has 0 unspecified atom stereocenters. The Morgan fingerprint density at radius 3 is 2.61 bits per heavy atom. The molecule has 1 N–H and O–H groups in total. The fourth-order valence-corrected chi connectivity index (χ4v) is 3.81. The number of hydrogen-bond donors (Lipinski definition) is 1. The highest BCUT2D eigenvalue weighted by Gasteiger charge is 2.19. The maximum atomic E-state index is 4.80. The van der Waals surface area contributed by atoms with Crippen LogP contribution >= 0.6 is 0 Å². The Labute approximate surface area is 163 Å². The largest absolute Gasteiger partial charge is 0.348 e. The van der Waals surface area contributed by atoms with E-state index in [1.54, 1.807) is 6.33 Å². The van der Waals surface area contributed by atoms with Gasteiger partial charge in [-0.1, -0.05) is 48.5 Å². The second-order valence-corrected chi connectivity index (χ2v) is 6.98. The Balaban J connectivity index is 1.66. The van der Waals surface area contributed by atoms with E-state index in [-0.39, 0.29) is 0 Å². The van der Waals surface area contributed by atoms with Gasteiger partial charge in [-0.25, -0.2) is 9.97 Å². The topological polar surface area (TPSA) is 51.4 Å². The van der Waals surface area contributed by atoms with Crippen molar-refractivity contribution < 1.29 is 0 Å². The van der Waals surface area contributed by atoms with Gasteiger partial charge in [0, 0.05) is 48.4 Å². The van der Waals surface area contributed by atoms with E-state index in [1.165, 1.54) is 16.6 Å². The summed E-state index contributed by atoms with van der Waals surface area (Å²) in [7, 11) is 2.12. The zero-order chi connectivity index (χ0) is 18.9.